The van der Waals surface area contributed by atoms with Gasteiger partial charge in [0.25, 0.3) is 0 Å². The summed E-state index contributed by atoms with van der Waals surface area (Å²) in [4.78, 5) is 0.717. The number of rotatable bonds is 7. The molecule has 0 saturated carbocycles. The van der Waals surface area contributed by atoms with Crippen molar-refractivity contribution in [3.05, 3.63) is 0 Å². The quantitative estimate of drug-likeness (QED) is 0.556. The summed E-state index contributed by atoms with van der Waals surface area (Å²) in [7, 11) is 0. The van der Waals surface area contributed by atoms with Crippen molar-refractivity contribution in [2.45, 2.75) is 64.6 Å². The van der Waals surface area contributed by atoms with Crippen LogP contribution in [-0.4, -0.2) is 4.83 Å². The Labute approximate surface area is 92.6 Å². The van der Waals surface area contributed by atoms with E-state index in [1.807, 2.05) is 0 Å². The molecule has 2 atom stereocenters. The molecule has 0 aromatic heterocycles. The highest BCUT2D eigenvalue weighted by atomic mass is 79.9. The predicted octanol–water partition coefficient (Wildman–Crippen LogP) is 5.01. The highest BCUT2D eigenvalue weighted by molar-refractivity contribution is 9.09. The molecule has 80 valence electrons. The average Bonchev–Trinajstić information content (AvgIpc) is 2.11. The molecule has 0 heterocycles. The van der Waals surface area contributed by atoms with Gasteiger partial charge in [-0.1, -0.05) is 69.3 Å². The Bertz CT molecular complexity index is 110. The van der Waals surface area contributed by atoms with Crippen LogP contribution in [0.5, 0.6) is 0 Å². The van der Waals surface area contributed by atoms with Gasteiger partial charge in [-0.2, -0.15) is 0 Å². The summed E-state index contributed by atoms with van der Waals surface area (Å²) in [5.74, 6) is 1.71. The van der Waals surface area contributed by atoms with E-state index in [1.165, 1.54) is 32.1 Å². The summed E-state index contributed by atoms with van der Waals surface area (Å²) in [6.45, 7) is 9.19. The van der Waals surface area contributed by atoms with Crippen molar-refractivity contribution in [2.75, 3.05) is 0 Å². The minimum atomic E-state index is 0.717. The first kappa shape index (κ1) is 13.5. The van der Waals surface area contributed by atoms with E-state index in [2.05, 4.69) is 43.6 Å². The Morgan fingerprint density at radius 3 is 2.15 bits per heavy atom. The molecular weight excluding hydrogens is 224 g/mol. The van der Waals surface area contributed by atoms with Crippen LogP contribution in [0.15, 0.2) is 0 Å². The van der Waals surface area contributed by atoms with E-state index < -0.39 is 0 Å². The molecule has 0 aliphatic rings. The molecule has 0 rings (SSSR count). The summed E-state index contributed by atoms with van der Waals surface area (Å²) in [6, 6.07) is 0. The first-order chi connectivity index (χ1) is 6.11. The number of unbranched alkanes of at least 4 members (excludes halogenated alkanes) is 1. The molecule has 0 fully saturated rings. The number of hydrogen-bond acceptors (Lipinski definition) is 0. The molecule has 0 amide bonds. The fourth-order valence-corrected chi connectivity index (χ4v) is 2.10. The average molecular weight is 249 g/mol. The molecule has 13 heavy (non-hydrogen) atoms. The molecular formula is C12H25Br. The van der Waals surface area contributed by atoms with Crippen molar-refractivity contribution < 1.29 is 0 Å². The molecule has 0 aromatic rings. The van der Waals surface area contributed by atoms with Gasteiger partial charge < -0.3 is 0 Å². The van der Waals surface area contributed by atoms with Crippen LogP contribution in [0.25, 0.3) is 0 Å². The van der Waals surface area contributed by atoms with Crippen LogP contribution < -0.4 is 0 Å². The normalized spacial score (nSPS) is 16.2. The number of halogens is 1. The molecule has 0 spiro atoms. The van der Waals surface area contributed by atoms with Crippen molar-refractivity contribution in [3.63, 3.8) is 0 Å². The lowest BCUT2D eigenvalue weighted by atomic mass is 9.91. The van der Waals surface area contributed by atoms with Gasteiger partial charge in [0.05, 0.1) is 0 Å². The molecule has 0 radical (unpaired) electrons. The highest BCUT2D eigenvalue weighted by Gasteiger charge is 2.14. The fourth-order valence-electron chi connectivity index (χ4n) is 1.57. The van der Waals surface area contributed by atoms with Crippen LogP contribution >= 0.6 is 15.9 Å². The number of alkyl halides is 1. The zero-order chi connectivity index (χ0) is 10.3. The van der Waals surface area contributed by atoms with Gasteiger partial charge in [0.15, 0.2) is 0 Å². The van der Waals surface area contributed by atoms with Crippen molar-refractivity contribution in [3.8, 4) is 0 Å². The maximum atomic E-state index is 3.78. The standard InChI is InChI=1S/C12H25Br/c1-5-7-8-11(6-2)9-12(13)10(3)4/h10-12H,5-9H2,1-4H3. The zero-order valence-corrected chi connectivity index (χ0v) is 11.2. The molecule has 2 unspecified atom stereocenters. The Balaban J connectivity index is 3.69. The third kappa shape index (κ3) is 6.54. The first-order valence-corrected chi connectivity index (χ1v) is 6.67. The fraction of sp³-hybridized carbons (Fsp3) is 1.00. The maximum absolute atomic E-state index is 3.78. The molecule has 1 heteroatoms. The molecule has 0 saturated heterocycles. The van der Waals surface area contributed by atoms with Crippen molar-refractivity contribution in [2.24, 2.45) is 11.8 Å². The largest absolute Gasteiger partial charge is 0.0888 e. The van der Waals surface area contributed by atoms with Gasteiger partial charge >= 0.3 is 0 Å². The SMILES string of the molecule is CCCCC(CC)CC(Br)C(C)C. The second-order valence-corrected chi connectivity index (χ2v) is 5.59. The maximum Gasteiger partial charge on any atom is 0.0171 e. The van der Waals surface area contributed by atoms with E-state index in [9.17, 15) is 0 Å². The van der Waals surface area contributed by atoms with Gasteiger partial charge in [-0.15, -0.1) is 0 Å². The van der Waals surface area contributed by atoms with E-state index in [-0.39, 0.29) is 0 Å². The van der Waals surface area contributed by atoms with Crippen molar-refractivity contribution in [1.82, 2.24) is 0 Å². The Hall–Kier alpha value is 0.480. The van der Waals surface area contributed by atoms with Crippen LogP contribution in [0, 0.1) is 11.8 Å². The lowest BCUT2D eigenvalue weighted by Gasteiger charge is -2.20. The molecule has 0 aliphatic carbocycles. The molecule has 0 aromatic carbocycles. The smallest absolute Gasteiger partial charge is 0.0171 e. The Morgan fingerprint density at radius 1 is 1.15 bits per heavy atom. The second kappa shape index (κ2) is 7.84. The van der Waals surface area contributed by atoms with Gasteiger partial charge in [-0.25, -0.2) is 0 Å². The van der Waals surface area contributed by atoms with Crippen LogP contribution in [0.1, 0.15) is 59.8 Å². The molecule has 0 aliphatic heterocycles. The molecule has 0 N–H and O–H groups in total. The predicted molar refractivity (Wildman–Crippen MR) is 65.5 cm³/mol. The third-order valence-corrected chi connectivity index (χ3v) is 4.26. The summed E-state index contributed by atoms with van der Waals surface area (Å²) in [6.07, 6.45) is 6.85. The van der Waals surface area contributed by atoms with Gasteiger partial charge in [0.2, 0.25) is 0 Å². The van der Waals surface area contributed by atoms with E-state index in [1.54, 1.807) is 0 Å². The highest BCUT2D eigenvalue weighted by Crippen LogP contribution is 2.25. The van der Waals surface area contributed by atoms with Gasteiger partial charge in [0, 0.05) is 4.83 Å². The van der Waals surface area contributed by atoms with Gasteiger partial charge in [-0.3, -0.25) is 0 Å². The lowest BCUT2D eigenvalue weighted by molar-refractivity contribution is 0.392. The van der Waals surface area contributed by atoms with Gasteiger partial charge in [-0.05, 0) is 18.3 Å². The topological polar surface area (TPSA) is 0 Å². The van der Waals surface area contributed by atoms with E-state index in [4.69, 9.17) is 0 Å². The zero-order valence-electron chi connectivity index (χ0n) is 9.65. The van der Waals surface area contributed by atoms with E-state index >= 15 is 0 Å². The third-order valence-electron chi connectivity index (χ3n) is 2.83. The van der Waals surface area contributed by atoms with Gasteiger partial charge in [0.1, 0.15) is 0 Å². The summed E-state index contributed by atoms with van der Waals surface area (Å²) < 4.78 is 0. The first-order valence-electron chi connectivity index (χ1n) is 5.75. The van der Waals surface area contributed by atoms with Crippen molar-refractivity contribution >= 4 is 15.9 Å². The Morgan fingerprint density at radius 2 is 1.77 bits per heavy atom. The summed E-state index contributed by atoms with van der Waals surface area (Å²) in [5.41, 5.74) is 0. The van der Waals surface area contributed by atoms with Crippen LogP contribution in [0.3, 0.4) is 0 Å². The van der Waals surface area contributed by atoms with Crippen molar-refractivity contribution in [1.29, 1.82) is 0 Å². The monoisotopic (exact) mass is 248 g/mol. The number of hydrogen-bond donors (Lipinski definition) is 0. The Kier molecular flexibility index (Phi) is 8.13. The van der Waals surface area contributed by atoms with Crippen LogP contribution in [0.2, 0.25) is 0 Å². The minimum Gasteiger partial charge on any atom is -0.0888 e. The minimum absolute atomic E-state index is 0.717. The second-order valence-electron chi connectivity index (χ2n) is 4.41. The van der Waals surface area contributed by atoms with Crippen LogP contribution in [0.4, 0.5) is 0 Å². The van der Waals surface area contributed by atoms with Crippen LogP contribution in [-0.2, 0) is 0 Å². The summed E-state index contributed by atoms with van der Waals surface area (Å²) >= 11 is 3.78. The lowest BCUT2D eigenvalue weighted by Crippen LogP contribution is -2.13. The van der Waals surface area contributed by atoms with E-state index in [0.717, 1.165) is 11.8 Å². The molecule has 0 nitrogen and oxygen atoms in total. The van der Waals surface area contributed by atoms with E-state index in [0.29, 0.717) is 4.83 Å². The summed E-state index contributed by atoms with van der Waals surface area (Å²) in [5, 5.41) is 0. The molecule has 0 bridgehead atoms.